The van der Waals surface area contributed by atoms with Crippen LogP contribution in [0.2, 0.25) is 0 Å². The van der Waals surface area contributed by atoms with Crippen LogP contribution in [0.15, 0.2) is 24.3 Å². The van der Waals surface area contributed by atoms with Crippen molar-refractivity contribution in [3.63, 3.8) is 0 Å². The van der Waals surface area contributed by atoms with Crippen molar-refractivity contribution in [2.24, 2.45) is 0 Å². The van der Waals surface area contributed by atoms with Gasteiger partial charge >= 0.3 is 0 Å². The second kappa shape index (κ2) is 6.83. The maximum absolute atomic E-state index is 12.4. The third-order valence-electron chi connectivity index (χ3n) is 3.20. The number of nitrogens with one attached hydrogen (secondary N) is 1. The predicted molar refractivity (Wildman–Crippen MR) is 82.6 cm³/mol. The first kappa shape index (κ1) is 17.3. The molecule has 0 bridgehead atoms. The van der Waals surface area contributed by atoms with E-state index < -0.39 is 11.6 Å². The molecule has 1 aromatic carbocycles. The molecule has 0 fully saturated rings. The highest BCUT2D eigenvalue weighted by Crippen LogP contribution is 2.11. The monoisotopic (exact) mass is 292 g/mol. The van der Waals surface area contributed by atoms with Gasteiger partial charge < -0.3 is 15.3 Å². The molecular weight excluding hydrogens is 268 g/mol. The third-order valence-corrected chi connectivity index (χ3v) is 3.20. The number of hydrogen-bond donors (Lipinski definition) is 2. The van der Waals surface area contributed by atoms with Crippen molar-refractivity contribution in [2.75, 3.05) is 20.7 Å². The normalized spacial score (nSPS) is 12.9. The van der Waals surface area contributed by atoms with Crippen molar-refractivity contribution >= 4 is 11.7 Å². The van der Waals surface area contributed by atoms with Gasteiger partial charge in [-0.3, -0.25) is 9.59 Å². The topological polar surface area (TPSA) is 69.6 Å². The minimum Gasteiger partial charge on any atom is -0.394 e. The Kier molecular flexibility index (Phi) is 5.63. The van der Waals surface area contributed by atoms with E-state index in [0.717, 1.165) is 0 Å². The Morgan fingerprint density at radius 2 is 1.86 bits per heavy atom. The number of aliphatic hydroxyl groups excluding tert-OH is 1. The molecule has 5 heteroatoms. The number of aliphatic hydroxyl groups is 1. The lowest BCUT2D eigenvalue weighted by Crippen LogP contribution is -2.50. The first-order chi connectivity index (χ1) is 9.68. The van der Waals surface area contributed by atoms with Crippen LogP contribution in [-0.4, -0.2) is 54.0 Å². The number of hydrogen-bond acceptors (Lipinski definition) is 4. The van der Waals surface area contributed by atoms with Gasteiger partial charge in [-0.25, -0.2) is 0 Å². The predicted octanol–water partition coefficient (Wildman–Crippen LogP) is 1.32. The van der Waals surface area contributed by atoms with Gasteiger partial charge in [0.25, 0.3) is 5.91 Å². The van der Waals surface area contributed by atoms with Gasteiger partial charge in [-0.2, -0.15) is 0 Å². The molecule has 5 nitrogen and oxygen atoms in total. The van der Waals surface area contributed by atoms with Crippen LogP contribution in [0.5, 0.6) is 0 Å². The summed E-state index contributed by atoms with van der Waals surface area (Å²) in [5.41, 5.74) is 0.433. The molecule has 116 valence electrons. The summed E-state index contributed by atoms with van der Waals surface area (Å²) >= 11 is 0. The van der Waals surface area contributed by atoms with E-state index in [0.29, 0.717) is 11.1 Å². The molecule has 1 unspecified atom stereocenters. The fourth-order valence-corrected chi connectivity index (χ4v) is 2.01. The van der Waals surface area contributed by atoms with Crippen LogP contribution < -0.4 is 5.32 Å². The fourth-order valence-electron chi connectivity index (χ4n) is 2.01. The van der Waals surface area contributed by atoms with Gasteiger partial charge in [0.1, 0.15) is 0 Å². The van der Waals surface area contributed by atoms with E-state index in [1.54, 1.807) is 45.3 Å². The summed E-state index contributed by atoms with van der Waals surface area (Å²) in [6.07, 6.45) is 0. The molecule has 0 spiro atoms. The summed E-state index contributed by atoms with van der Waals surface area (Å²) in [5.74, 6) is -0.245. The van der Waals surface area contributed by atoms with Gasteiger partial charge in [-0.1, -0.05) is 12.1 Å². The van der Waals surface area contributed by atoms with Gasteiger partial charge in [-0.05, 0) is 32.9 Å². The average molecular weight is 292 g/mol. The van der Waals surface area contributed by atoms with E-state index in [1.165, 1.54) is 4.90 Å². The third kappa shape index (κ3) is 4.65. The smallest absolute Gasteiger partial charge is 0.253 e. The van der Waals surface area contributed by atoms with Crippen molar-refractivity contribution < 1.29 is 14.7 Å². The number of ketones is 1. The minimum absolute atomic E-state index is 0.0657. The zero-order chi connectivity index (χ0) is 16.2. The Labute approximate surface area is 126 Å². The van der Waals surface area contributed by atoms with Crippen LogP contribution in [0.4, 0.5) is 0 Å². The standard InChI is InChI=1S/C16H24N2O3/c1-11(17-16(2,3)10-19)14(20)12-7-6-8-13(9-12)15(21)18(4)5/h6-9,11,17,19H,10H2,1-5H3. The SMILES string of the molecule is CC(NC(C)(C)CO)C(=O)c1cccc(C(=O)N(C)C)c1. The van der Waals surface area contributed by atoms with Crippen molar-refractivity contribution in [2.45, 2.75) is 32.4 Å². The quantitative estimate of drug-likeness (QED) is 0.776. The van der Waals surface area contributed by atoms with Crippen molar-refractivity contribution in [3.8, 4) is 0 Å². The van der Waals surface area contributed by atoms with E-state index in [1.807, 2.05) is 13.8 Å². The van der Waals surface area contributed by atoms with E-state index >= 15 is 0 Å². The Morgan fingerprint density at radius 1 is 1.29 bits per heavy atom. The zero-order valence-electron chi connectivity index (χ0n) is 13.3. The van der Waals surface area contributed by atoms with Gasteiger partial charge in [0.2, 0.25) is 0 Å². The van der Waals surface area contributed by atoms with Gasteiger partial charge in [0.15, 0.2) is 5.78 Å². The Hall–Kier alpha value is -1.72. The summed E-state index contributed by atoms with van der Waals surface area (Å²) in [6, 6.07) is 6.24. The molecule has 0 radical (unpaired) electrons. The Bertz CT molecular complexity index is 524. The van der Waals surface area contributed by atoms with Gasteiger partial charge in [0, 0.05) is 30.8 Å². The molecule has 0 saturated carbocycles. The van der Waals surface area contributed by atoms with E-state index in [2.05, 4.69) is 5.32 Å². The molecule has 0 heterocycles. The Morgan fingerprint density at radius 3 is 2.38 bits per heavy atom. The number of rotatable bonds is 6. The number of carbonyl (C=O) groups is 2. The lowest BCUT2D eigenvalue weighted by Gasteiger charge is -2.27. The number of amides is 1. The summed E-state index contributed by atoms with van der Waals surface area (Å²) in [4.78, 5) is 25.8. The van der Waals surface area contributed by atoms with Crippen molar-refractivity contribution in [1.82, 2.24) is 10.2 Å². The number of benzene rings is 1. The fraction of sp³-hybridized carbons (Fsp3) is 0.500. The van der Waals surface area contributed by atoms with E-state index in [9.17, 15) is 14.7 Å². The van der Waals surface area contributed by atoms with Crippen LogP contribution in [0.25, 0.3) is 0 Å². The van der Waals surface area contributed by atoms with Gasteiger partial charge in [-0.15, -0.1) is 0 Å². The number of carbonyl (C=O) groups excluding carboxylic acids is 2. The summed E-state index contributed by atoms with van der Waals surface area (Å²) in [5, 5.41) is 12.3. The number of Topliss-reactive ketones (excluding diaryl/α,β-unsaturated/α-hetero) is 1. The maximum atomic E-state index is 12.4. The molecule has 21 heavy (non-hydrogen) atoms. The zero-order valence-corrected chi connectivity index (χ0v) is 13.3. The molecule has 0 aliphatic heterocycles. The lowest BCUT2D eigenvalue weighted by atomic mass is 9.99. The van der Waals surface area contributed by atoms with Gasteiger partial charge in [0.05, 0.1) is 12.6 Å². The van der Waals surface area contributed by atoms with E-state index in [4.69, 9.17) is 0 Å². The highest BCUT2D eigenvalue weighted by molar-refractivity contribution is 6.02. The molecule has 1 atom stereocenters. The number of nitrogens with zero attached hydrogens (tertiary/aromatic N) is 1. The van der Waals surface area contributed by atoms with Crippen molar-refractivity contribution in [3.05, 3.63) is 35.4 Å². The summed E-state index contributed by atoms with van der Waals surface area (Å²) in [7, 11) is 3.34. The van der Waals surface area contributed by atoms with Crippen LogP contribution in [0.3, 0.4) is 0 Å². The van der Waals surface area contributed by atoms with Crippen LogP contribution in [0.1, 0.15) is 41.5 Å². The largest absolute Gasteiger partial charge is 0.394 e. The molecule has 1 amide bonds. The summed E-state index contributed by atoms with van der Waals surface area (Å²) < 4.78 is 0. The second-order valence-electron chi connectivity index (χ2n) is 6.05. The molecular formula is C16H24N2O3. The first-order valence-electron chi connectivity index (χ1n) is 6.92. The molecule has 0 aromatic heterocycles. The molecule has 2 N–H and O–H groups in total. The summed E-state index contributed by atoms with van der Waals surface area (Å²) in [6.45, 7) is 5.33. The van der Waals surface area contributed by atoms with E-state index in [-0.39, 0.29) is 18.3 Å². The molecule has 0 aliphatic carbocycles. The van der Waals surface area contributed by atoms with Crippen molar-refractivity contribution in [1.29, 1.82) is 0 Å². The maximum Gasteiger partial charge on any atom is 0.253 e. The van der Waals surface area contributed by atoms with Crippen LogP contribution >= 0.6 is 0 Å². The molecule has 1 aromatic rings. The van der Waals surface area contributed by atoms with Crippen LogP contribution in [0, 0.1) is 0 Å². The minimum atomic E-state index is -0.536. The molecule has 0 aliphatic rings. The van der Waals surface area contributed by atoms with Crippen LogP contribution in [-0.2, 0) is 0 Å². The second-order valence-corrected chi connectivity index (χ2v) is 6.05. The Balaban J connectivity index is 2.93. The highest BCUT2D eigenvalue weighted by atomic mass is 16.3. The average Bonchev–Trinajstić information content (AvgIpc) is 2.45. The first-order valence-corrected chi connectivity index (χ1v) is 6.92. The lowest BCUT2D eigenvalue weighted by molar-refractivity contribution is 0.0827. The molecule has 0 saturated heterocycles. The molecule has 1 rings (SSSR count). The highest BCUT2D eigenvalue weighted by Gasteiger charge is 2.24.